The van der Waals surface area contributed by atoms with Crippen molar-refractivity contribution in [1.82, 2.24) is 5.32 Å². The Hall–Kier alpha value is -1.68. The minimum atomic E-state index is -4.98. The first-order valence-corrected chi connectivity index (χ1v) is 8.13. The highest BCUT2D eigenvalue weighted by Crippen LogP contribution is 2.34. The molecule has 0 spiro atoms. The van der Waals surface area contributed by atoms with Gasteiger partial charge in [-0.05, 0) is 12.1 Å². The van der Waals surface area contributed by atoms with E-state index >= 15 is 0 Å². The second kappa shape index (κ2) is 6.67. The van der Waals surface area contributed by atoms with Crippen molar-refractivity contribution >= 4 is 16.0 Å². The third-order valence-corrected chi connectivity index (χ3v) is 4.12. The summed E-state index contributed by atoms with van der Waals surface area (Å²) in [6.45, 7) is 1.65. The number of hydrogen-bond donors (Lipinski definition) is 1. The van der Waals surface area contributed by atoms with Gasteiger partial charge < -0.3 is 0 Å². The predicted octanol–water partition coefficient (Wildman–Crippen LogP) is 2.78. The van der Waals surface area contributed by atoms with E-state index in [4.69, 9.17) is 0 Å². The first kappa shape index (κ1) is 20.4. The van der Waals surface area contributed by atoms with Crippen LogP contribution in [0.3, 0.4) is 0 Å². The normalized spacial score (nSPS) is 13.6. The van der Waals surface area contributed by atoms with Crippen LogP contribution in [0.25, 0.3) is 0 Å². The number of benzene rings is 1. The van der Waals surface area contributed by atoms with E-state index in [2.05, 4.69) is 4.18 Å². The van der Waals surface area contributed by atoms with Crippen LogP contribution in [0.5, 0.6) is 0 Å². The highest BCUT2D eigenvalue weighted by Gasteiger charge is 2.59. The van der Waals surface area contributed by atoms with Crippen LogP contribution < -0.4 is 5.32 Å². The Kier molecular flexibility index (Phi) is 5.66. The summed E-state index contributed by atoms with van der Waals surface area (Å²) in [5.41, 5.74) is -1.34. The molecule has 136 valence electrons. The van der Waals surface area contributed by atoms with E-state index in [1.165, 1.54) is 39.0 Å². The van der Waals surface area contributed by atoms with Crippen molar-refractivity contribution in [3.05, 3.63) is 30.3 Å². The molecule has 0 atom stereocenters. The summed E-state index contributed by atoms with van der Waals surface area (Å²) < 4.78 is 81.9. The summed E-state index contributed by atoms with van der Waals surface area (Å²) in [6.07, 6.45) is 0. The summed E-state index contributed by atoms with van der Waals surface area (Å²) in [4.78, 5) is 11.0. The SMILES string of the molecule is CC(C)(C)C(=O)NC(F)(F)C(F)(F)COS(=O)(=O)c1ccccc1. The van der Waals surface area contributed by atoms with Gasteiger partial charge in [0.25, 0.3) is 10.1 Å². The minimum absolute atomic E-state index is 0.456. The van der Waals surface area contributed by atoms with E-state index in [1.54, 1.807) is 0 Å². The van der Waals surface area contributed by atoms with Gasteiger partial charge in [-0.15, -0.1) is 0 Å². The van der Waals surface area contributed by atoms with E-state index in [1.807, 2.05) is 0 Å². The molecule has 1 aromatic rings. The fourth-order valence-corrected chi connectivity index (χ4v) is 2.25. The number of carbonyl (C=O) groups excluding carboxylic acids is 1. The van der Waals surface area contributed by atoms with Crippen molar-refractivity contribution in [1.29, 1.82) is 0 Å². The number of nitrogens with one attached hydrogen (secondary N) is 1. The highest BCUT2D eigenvalue weighted by atomic mass is 32.2. The molecule has 24 heavy (non-hydrogen) atoms. The van der Waals surface area contributed by atoms with Gasteiger partial charge in [0, 0.05) is 5.41 Å². The molecule has 0 aliphatic heterocycles. The average Bonchev–Trinajstić information content (AvgIpc) is 2.45. The third-order valence-electron chi connectivity index (χ3n) is 2.84. The van der Waals surface area contributed by atoms with Crippen molar-refractivity contribution < 1.29 is 35.0 Å². The Morgan fingerprint density at radius 3 is 2.04 bits per heavy atom. The molecule has 0 bridgehead atoms. The Labute approximate surface area is 137 Å². The van der Waals surface area contributed by atoms with Crippen LogP contribution in [0.1, 0.15) is 20.8 Å². The van der Waals surface area contributed by atoms with Gasteiger partial charge in [0.2, 0.25) is 5.91 Å². The standard InChI is InChI=1S/C14H17F4NO4S/c1-12(2,3)11(20)19-14(17,18)13(15,16)9-23-24(21,22)10-7-5-4-6-8-10/h4-8H,9H2,1-3H3,(H,19,20). The van der Waals surface area contributed by atoms with Crippen LogP contribution in [0.4, 0.5) is 17.6 Å². The van der Waals surface area contributed by atoms with Gasteiger partial charge in [-0.1, -0.05) is 39.0 Å². The lowest BCUT2D eigenvalue weighted by molar-refractivity contribution is -0.237. The molecule has 0 heterocycles. The number of hydrogen-bond acceptors (Lipinski definition) is 4. The molecule has 0 saturated carbocycles. The molecule has 5 nitrogen and oxygen atoms in total. The van der Waals surface area contributed by atoms with Crippen LogP contribution in [-0.4, -0.2) is 32.9 Å². The predicted molar refractivity (Wildman–Crippen MR) is 77.1 cm³/mol. The second-order valence-corrected chi connectivity index (χ2v) is 7.63. The number of halogens is 4. The maximum Gasteiger partial charge on any atom is 0.390 e. The highest BCUT2D eigenvalue weighted by molar-refractivity contribution is 7.86. The molecule has 0 aliphatic carbocycles. The van der Waals surface area contributed by atoms with Gasteiger partial charge in [-0.3, -0.25) is 14.3 Å². The summed E-state index contributed by atoms with van der Waals surface area (Å²) in [6, 6.07) is 1.24. The molecule has 0 unspecified atom stereocenters. The van der Waals surface area contributed by atoms with E-state index in [9.17, 15) is 30.8 Å². The lowest BCUT2D eigenvalue weighted by Crippen LogP contribution is -2.58. The van der Waals surface area contributed by atoms with E-state index < -0.39 is 44.9 Å². The number of alkyl halides is 4. The molecule has 0 saturated heterocycles. The van der Waals surface area contributed by atoms with Gasteiger partial charge in [-0.25, -0.2) is 0 Å². The van der Waals surface area contributed by atoms with Gasteiger partial charge in [-0.2, -0.15) is 26.0 Å². The van der Waals surface area contributed by atoms with Gasteiger partial charge in [0.15, 0.2) is 0 Å². The van der Waals surface area contributed by atoms with Crippen molar-refractivity contribution in [3.8, 4) is 0 Å². The summed E-state index contributed by atoms with van der Waals surface area (Å²) in [7, 11) is -4.64. The number of amides is 1. The van der Waals surface area contributed by atoms with Crippen molar-refractivity contribution in [2.75, 3.05) is 6.61 Å². The smallest absolute Gasteiger partial charge is 0.292 e. The molecule has 1 N–H and O–H groups in total. The molecule has 0 aromatic heterocycles. The first-order valence-electron chi connectivity index (χ1n) is 6.72. The average molecular weight is 371 g/mol. The molecular formula is C14H17F4NO4S. The van der Waals surface area contributed by atoms with E-state index in [0.717, 1.165) is 17.4 Å². The van der Waals surface area contributed by atoms with Crippen LogP contribution >= 0.6 is 0 Å². The molecule has 1 aromatic carbocycles. The zero-order valence-electron chi connectivity index (χ0n) is 13.1. The van der Waals surface area contributed by atoms with Crippen LogP contribution in [0, 0.1) is 5.41 Å². The number of carbonyl (C=O) groups is 1. The van der Waals surface area contributed by atoms with Crippen LogP contribution in [-0.2, 0) is 19.1 Å². The second-order valence-electron chi connectivity index (χ2n) is 6.01. The third kappa shape index (κ3) is 4.91. The van der Waals surface area contributed by atoms with Crippen LogP contribution in [0.2, 0.25) is 0 Å². The maximum atomic E-state index is 13.6. The Bertz CT molecular complexity index is 684. The Balaban J connectivity index is 2.87. The van der Waals surface area contributed by atoms with E-state index in [0.29, 0.717) is 0 Å². The minimum Gasteiger partial charge on any atom is -0.292 e. The Morgan fingerprint density at radius 1 is 1.08 bits per heavy atom. The largest absolute Gasteiger partial charge is 0.390 e. The molecule has 1 rings (SSSR count). The van der Waals surface area contributed by atoms with Crippen LogP contribution in [0.15, 0.2) is 35.2 Å². The molecule has 0 fully saturated rings. The molecule has 10 heteroatoms. The number of rotatable bonds is 6. The monoisotopic (exact) mass is 371 g/mol. The molecule has 0 radical (unpaired) electrons. The maximum absolute atomic E-state index is 13.6. The molecular weight excluding hydrogens is 354 g/mol. The van der Waals surface area contributed by atoms with E-state index in [-0.39, 0.29) is 0 Å². The summed E-state index contributed by atoms with van der Waals surface area (Å²) in [5, 5.41) is 0.915. The van der Waals surface area contributed by atoms with Gasteiger partial charge in [0.05, 0.1) is 4.90 Å². The zero-order valence-corrected chi connectivity index (χ0v) is 14.0. The van der Waals surface area contributed by atoms with Crippen molar-refractivity contribution in [2.24, 2.45) is 5.41 Å². The van der Waals surface area contributed by atoms with Crippen molar-refractivity contribution in [2.45, 2.75) is 37.6 Å². The Morgan fingerprint density at radius 2 is 1.58 bits per heavy atom. The van der Waals surface area contributed by atoms with Gasteiger partial charge in [0.1, 0.15) is 6.61 Å². The topological polar surface area (TPSA) is 72.5 Å². The molecule has 0 aliphatic rings. The zero-order chi connectivity index (χ0) is 18.8. The summed E-state index contributed by atoms with van der Waals surface area (Å²) >= 11 is 0. The van der Waals surface area contributed by atoms with Crippen molar-refractivity contribution in [3.63, 3.8) is 0 Å². The lowest BCUT2D eigenvalue weighted by Gasteiger charge is -2.29. The fraction of sp³-hybridized carbons (Fsp3) is 0.500. The molecule has 1 amide bonds. The quantitative estimate of drug-likeness (QED) is 0.474. The summed E-state index contributed by atoms with van der Waals surface area (Å²) in [5.74, 6) is -6.26. The first-order chi connectivity index (χ1) is 10.7. The van der Waals surface area contributed by atoms with Gasteiger partial charge >= 0.3 is 12.0 Å². The lowest BCUT2D eigenvalue weighted by atomic mass is 9.95. The fourth-order valence-electron chi connectivity index (χ4n) is 1.32.